The van der Waals surface area contributed by atoms with E-state index in [-0.39, 0.29) is 10.7 Å². The molecular weight excluding hydrogens is 496 g/mol. The van der Waals surface area contributed by atoms with Gasteiger partial charge in [0.05, 0.1) is 40.9 Å². The number of pyridine rings is 1. The maximum atomic E-state index is 13.7. The van der Waals surface area contributed by atoms with E-state index in [2.05, 4.69) is 9.97 Å². The van der Waals surface area contributed by atoms with Crippen LogP contribution in [0.2, 0.25) is 5.02 Å². The second-order valence-electron chi connectivity index (χ2n) is 8.14. The Morgan fingerprint density at radius 3 is 2.14 bits per heavy atom. The first-order valence-corrected chi connectivity index (χ1v) is 11.5. The van der Waals surface area contributed by atoms with Crippen LogP contribution in [-0.4, -0.2) is 41.3 Å². The lowest BCUT2D eigenvalue weighted by molar-refractivity contribution is -0.137. The number of alkyl halides is 3. The molecule has 1 saturated heterocycles. The van der Waals surface area contributed by atoms with Gasteiger partial charge in [0.15, 0.2) is 0 Å². The van der Waals surface area contributed by atoms with Crippen molar-refractivity contribution in [2.75, 3.05) is 31.2 Å². The van der Waals surface area contributed by atoms with Crippen molar-refractivity contribution in [3.05, 3.63) is 83.3 Å². The van der Waals surface area contributed by atoms with E-state index in [1.54, 1.807) is 36.4 Å². The monoisotopic (exact) mass is 514 g/mol. The number of nitrogens with zero attached hydrogens (tertiary/aromatic N) is 4. The summed E-state index contributed by atoms with van der Waals surface area (Å²) in [6.45, 7) is 2.27. The summed E-state index contributed by atoms with van der Waals surface area (Å²) in [7, 11) is 0. The van der Waals surface area contributed by atoms with Gasteiger partial charge in [-0.15, -0.1) is 0 Å². The normalized spacial score (nSPS) is 14.2. The van der Waals surface area contributed by atoms with Gasteiger partial charge in [-0.3, -0.25) is 4.98 Å². The highest BCUT2D eigenvalue weighted by Gasteiger charge is 2.34. The lowest BCUT2D eigenvalue weighted by Gasteiger charge is -2.27. The van der Waals surface area contributed by atoms with E-state index >= 15 is 0 Å². The second kappa shape index (κ2) is 9.83. The summed E-state index contributed by atoms with van der Waals surface area (Å²) in [5.74, 6) is -0.0640. The Kier molecular flexibility index (Phi) is 6.59. The van der Waals surface area contributed by atoms with Gasteiger partial charge < -0.3 is 9.64 Å². The fourth-order valence-corrected chi connectivity index (χ4v) is 4.13. The highest BCUT2D eigenvalue weighted by Crippen LogP contribution is 2.36. The van der Waals surface area contributed by atoms with E-state index in [0.717, 1.165) is 6.07 Å². The zero-order valence-corrected chi connectivity index (χ0v) is 19.5. The van der Waals surface area contributed by atoms with Crippen molar-refractivity contribution < 1.29 is 22.3 Å². The molecule has 4 aromatic rings. The quantitative estimate of drug-likeness (QED) is 0.290. The van der Waals surface area contributed by atoms with Crippen LogP contribution < -0.4 is 4.90 Å². The van der Waals surface area contributed by atoms with Crippen LogP contribution in [0.3, 0.4) is 0 Å². The Hall–Kier alpha value is -3.56. The minimum absolute atomic E-state index is 0.0271. The molecule has 0 N–H and O–H groups in total. The molecule has 3 heterocycles. The molecule has 0 bridgehead atoms. The molecule has 0 unspecified atom stereocenters. The summed E-state index contributed by atoms with van der Waals surface area (Å²) < 4.78 is 59.5. The van der Waals surface area contributed by atoms with Crippen molar-refractivity contribution in [1.82, 2.24) is 15.0 Å². The molecule has 0 spiro atoms. The fraction of sp³-hybridized carbons (Fsp3) is 0.192. The largest absolute Gasteiger partial charge is 0.418 e. The van der Waals surface area contributed by atoms with Crippen molar-refractivity contribution in [3.63, 3.8) is 0 Å². The summed E-state index contributed by atoms with van der Waals surface area (Å²) in [4.78, 5) is 15.3. The first kappa shape index (κ1) is 24.1. The number of benzene rings is 2. The molecule has 5 nitrogen and oxygen atoms in total. The SMILES string of the molecule is Fc1ccc(-c2cc(-c3ccc(-c4ncccc4C(F)(F)F)cc3)nc(N3CCOCC3)n2)cc1Cl. The smallest absolute Gasteiger partial charge is 0.378 e. The molecule has 36 heavy (non-hydrogen) atoms. The topological polar surface area (TPSA) is 51.1 Å². The first-order chi connectivity index (χ1) is 17.3. The number of hydrogen-bond donors (Lipinski definition) is 0. The van der Waals surface area contributed by atoms with Crippen LogP contribution in [0, 0.1) is 5.82 Å². The molecule has 0 aliphatic carbocycles. The zero-order chi connectivity index (χ0) is 25.3. The van der Waals surface area contributed by atoms with E-state index in [1.807, 2.05) is 4.90 Å². The molecule has 0 atom stereocenters. The molecule has 10 heteroatoms. The van der Waals surface area contributed by atoms with Gasteiger partial charge in [0.2, 0.25) is 5.95 Å². The lowest BCUT2D eigenvalue weighted by Crippen LogP contribution is -2.37. The molecule has 0 amide bonds. The molecular formula is C26H19ClF4N4O. The van der Waals surface area contributed by atoms with E-state index in [9.17, 15) is 17.6 Å². The van der Waals surface area contributed by atoms with Gasteiger partial charge in [0.25, 0.3) is 0 Å². The van der Waals surface area contributed by atoms with Gasteiger partial charge in [0, 0.05) is 36.0 Å². The van der Waals surface area contributed by atoms with Gasteiger partial charge in [-0.25, -0.2) is 14.4 Å². The van der Waals surface area contributed by atoms with Gasteiger partial charge in [0.1, 0.15) is 5.82 Å². The van der Waals surface area contributed by atoms with Crippen LogP contribution in [0.5, 0.6) is 0 Å². The molecule has 2 aromatic carbocycles. The van der Waals surface area contributed by atoms with Crippen molar-refractivity contribution in [3.8, 4) is 33.8 Å². The summed E-state index contributed by atoms with van der Waals surface area (Å²) >= 11 is 6.00. The number of aromatic nitrogens is 3. The summed E-state index contributed by atoms with van der Waals surface area (Å²) in [6, 6.07) is 14.9. The van der Waals surface area contributed by atoms with Crippen LogP contribution in [0.15, 0.2) is 66.9 Å². The van der Waals surface area contributed by atoms with E-state index in [1.165, 1.54) is 24.4 Å². The van der Waals surface area contributed by atoms with E-state index in [0.29, 0.717) is 60.3 Å². The Morgan fingerprint density at radius 2 is 1.47 bits per heavy atom. The Balaban J connectivity index is 1.56. The minimum atomic E-state index is -4.52. The molecule has 5 rings (SSSR count). The van der Waals surface area contributed by atoms with Gasteiger partial charge in [-0.05, 0) is 36.4 Å². The summed E-state index contributed by atoms with van der Waals surface area (Å²) in [5.41, 5.74) is 1.77. The zero-order valence-electron chi connectivity index (χ0n) is 18.8. The molecule has 2 aromatic heterocycles. The third kappa shape index (κ3) is 5.03. The van der Waals surface area contributed by atoms with Gasteiger partial charge in [-0.1, -0.05) is 35.9 Å². The number of morpholine rings is 1. The Morgan fingerprint density at radius 1 is 0.833 bits per heavy atom. The minimum Gasteiger partial charge on any atom is -0.378 e. The number of ether oxygens (including phenoxy) is 1. The number of hydrogen-bond acceptors (Lipinski definition) is 5. The summed E-state index contributed by atoms with van der Waals surface area (Å²) in [6.07, 6.45) is -3.19. The average molecular weight is 515 g/mol. The fourth-order valence-electron chi connectivity index (χ4n) is 3.95. The van der Waals surface area contributed by atoms with E-state index < -0.39 is 17.6 Å². The van der Waals surface area contributed by atoms with Crippen molar-refractivity contribution >= 4 is 17.5 Å². The lowest BCUT2D eigenvalue weighted by atomic mass is 10.0. The number of rotatable bonds is 4. The molecule has 0 saturated carbocycles. The maximum Gasteiger partial charge on any atom is 0.418 e. The third-order valence-electron chi connectivity index (χ3n) is 5.79. The third-order valence-corrected chi connectivity index (χ3v) is 6.08. The van der Waals surface area contributed by atoms with Crippen LogP contribution >= 0.6 is 11.6 Å². The first-order valence-electron chi connectivity index (χ1n) is 11.1. The predicted octanol–water partition coefficient (Wildman–Crippen LogP) is 6.52. The second-order valence-corrected chi connectivity index (χ2v) is 8.55. The number of anilines is 1. The van der Waals surface area contributed by atoms with Crippen LogP contribution in [-0.2, 0) is 10.9 Å². The number of halogens is 5. The van der Waals surface area contributed by atoms with Crippen LogP contribution in [0.4, 0.5) is 23.5 Å². The molecule has 1 aliphatic rings. The molecule has 0 radical (unpaired) electrons. The predicted molar refractivity (Wildman–Crippen MR) is 129 cm³/mol. The standard InChI is InChI=1S/C26H19ClF4N4O/c27-20-14-18(7-8-21(20)28)23-15-22(33-25(34-23)35-10-12-36-13-11-35)16-3-5-17(6-4-16)24-19(26(29,30)31)2-1-9-32-24/h1-9,14-15H,10-13H2. The van der Waals surface area contributed by atoms with Gasteiger partial charge >= 0.3 is 6.18 Å². The Bertz CT molecular complexity index is 1390. The molecule has 1 fully saturated rings. The van der Waals surface area contributed by atoms with E-state index in [4.69, 9.17) is 21.3 Å². The summed E-state index contributed by atoms with van der Waals surface area (Å²) in [5, 5.41) is -0.0271. The highest BCUT2D eigenvalue weighted by atomic mass is 35.5. The Labute approximate surface area is 209 Å². The van der Waals surface area contributed by atoms with Gasteiger partial charge in [-0.2, -0.15) is 13.2 Å². The highest BCUT2D eigenvalue weighted by molar-refractivity contribution is 6.31. The molecule has 1 aliphatic heterocycles. The van der Waals surface area contributed by atoms with Crippen LogP contribution in [0.1, 0.15) is 5.56 Å². The molecule has 184 valence electrons. The van der Waals surface area contributed by atoms with Crippen molar-refractivity contribution in [2.45, 2.75) is 6.18 Å². The maximum absolute atomic E-state index is 13.7. The van der Waals surface area contributed by atoms with Crippen molar-refractivity contribution in [1.29, 1.82) is 0 Å². The van der Waals surface area contributed by atoms with Crippen LogP contribution in [0.25, 0.3) is 33.8 Å². The average Bonchev–Trinajstić information content (AvgIpc) is 2.90. The van der Waals surface area contributed by atoms with Crippen molar-refractivity contribution in [2.24, 2.45) is 0 Å².